The number of hydrogen-bond acceptors (Lipinski definition) is 4. The number of carbonyl (C=O) groups is 1. The Balaban J connectivity index is 1.66. The first-order valence-electron chi connectivity index (χ1n) is 14.1. The molecule has 3 rings (SSSR count). The van der Waals surface area contributed by atoms with E-state index in [1.807, 2.05) is 4.90 Å². The minimum absolute atomic E-state index is 0.0965. The maximum atomic E-state index is 13.8. The SMILES string of the molecule is CN(C)/N=C(/N)N1CCN(C(C(=O)N(C)CCC2CC(C(F)(F)F)CC(C(F)(F)F)C2)C2CCCCC2)CC1. The Hall–Kier alpha value is -1.92. The van der Waals surface area contributed by atoms with E-state index in [1.165, 1.54) is 4.90 Å². The zero-order valence-corrected chi connectivity index (χ0v) is 23.3. The largest absolute Gasteiger partial charge is 0.391 e. The minimum atomic E-state index is -4.65. The van der Waals surface area contributed by atoms with Crippen molar-refractivity contribution in [2.24, 2.45) is 34.5 Å². The molecule has 3 unspecified atom stereocenters. The Morgan fingerprint density at radius 3 is 1.92 bits per heavy atom. The molecule has 7 nitrogen and oxygen atoms in total. The van der Waals surface area contributed by atoms with E-state index in [4.69, 9.17) is 5.73 Å². The molecule has 13 heteroatoms. The molecule has 0 bridgehead atoms. The number of hydrogen-bond donors (Lipinski definition) is 1. The molecule has 1 aliphatic heterocycles. The van der Waals surface area contributed by atoms with Gasteiger partial charge >= 0.3 is 12.4 Å². The van der Waals surface area contributed by atoms with Crippen molar-refractivity contribution in [1.82, 2.24) is 19.7 Å². The molecule has 0 radical (unpaired) electrons. The van der Waals surface area contributed by atoms with Crippen LogP contribution in [0.1, 0.15) is 57.8 Å². The molecular formula is C26H44F6N6O. The molecule has 0 spiro atoms. The number of alkyl halides is 6. The summed E-state index contributed by atoms with van der Waals surface area (Å²) in [6.45, 7) is 2.61. The van der Waals surface area contributed by atoms with E-state index in [1.54, 1.807) is 26.2 Å². The Kier molecular flexibility index (Phi) is 10.7. The first-order chi connectivity index (χ1) is 18.2. The van der Waals surface area contributed by atoms with Gasteiger partial charge in [0.25, 0.3) is 0 Å². The number of nitrogens with two attached hydrogens (primary N) is 1. The average molecular weight is 571 g/mol. The van der Waals surface area contributed by atoms with Crippen LogP contribution < -0.4 is 5.73 Å². The summed E-state index contributed by atoms with van der Waals surface area (Å²) >= 11 is 0. The summed E-state index contributed by atoms with van der Waals surface area (Å²) in [5.74, 6) is -4.16. The normalized spacial score (nSPS) is 27.4. The smallest absolute Gasteiger partial charge is 0.368 e. The van der Waals surface area contributed by atoms with Crippen LogP contribution in [0.5, 0.6) is 0 Å². The van der Waals surface area contributed by atoms with E-state index < -0.39 is 36.5 Å². The second-order valence-corrected chi connectivity index (χ2v) is 11.8. The molecule has 2 saturated carbocycles. The Morgan fingerprint density at radius 2 is 1.44 bits per heavy atom. The number of rotatable bonds is 7. The summed E-state index contributed by atoms with van der Waals surface area (Å²) in [5, 5.41) is 5.88. The summed E-state index contributed by atoms with van der Waals surface area (Å²) in [6.07, 6.45) is -5.65. The van der Waals surface area contributed by atoms with Crippen LogP contribution in [0.3, 0.4) is 0 Å². The molecule has 0 aromatic rings. The second kappa shape index (κ2) is 13.2. The summed E-state index contributed by atoms with van der Waals surface area (Å²) in [5.41, 5.74) is 6.11. The number of hydrazone groups is 1. The highest BCUT2D eigenvalue weighted by atomic mass is 19.4. The molecule has 39 heavy (non-hydrogen) atoms. The van der Waals surface area contributed by atoms with E-state index in [0.717, 1.165) is 32.1 Å². The Bertz CT molecular complexity index is 799. The van der Waals surface area contributed by atoms with Crippen LogP contribution in [-0.4, -0.2) is 104 Å². The van der Waals surface area contributed by atoms with Crippen LogP contribution in [0, 0.1) is 23.7 Å². The zero-order valence-electron chi connectivity index (χ0n) is 23.3. The van der Waals surface area contributed by atoms with Gasteiger partial charge in [0, 0.05) is 53.9 Å². The van der Waals surface area contributed by atoms with Crippen LogP contribution in [-0.2, 0) is 4.79 Å². The molecule has 0 aromatic carbocycles. The summed E-state index contributed by atoms with van der Waals surface area (Å²) in [7, 11) is 5.20. The van der Waals surface area contributed by atoms with Gasteiger partial charge in [0.2, 0.25) is 11.9 Å². The number of likely N-dealkylation sites (N-methyl/N-ethyl adjacent to an activating group) is 1. The highest BCUT2D eigenvalue weighted by Gasteiger charge is 2.51. The number of carbonyl (C=O) groups excluding carboxylic acids is 1. The van der Waals surface area contributed by atoms with E-state index >= 15 is 0 Å². The second-order valence-electron chi connectivity index (χ2n) is 11.8. The highest BCUT2D eigenvalue weighted by Crippen LogP contribution is 2.48. The van der Waals surface area contributed by atoms with Gasteiger partial charge in [-0.2, -0.15) is 26.3 Å². The fourth-order valence-electron chi connectivity index (χ4n) is 6.52. The number of nitrogens with zero attached hydrogens (tertiary/aromatic N) is 5. The van der Waals surface area contributed by atoms with Gasteiger partial charge in [0.05, 0.1) is 17.9 Å². The van der Waals surface area contributed by atoms with Crippen molar-refractivity contribution < 1.29 is 31.1 Å². The van der Waals surface area contributed by atoms with E-state index in [-0.39, 0.29) is 43.7 Å². The van der Waals surface area contributed by atoms with Gasteiger partial charge in [-0.25, -0.2) is 0 Å². The first-order valence-corrected chi connectivity index (χ1v) is 14.1. The standard InChI is InChI=1S/C26H44F6N6O/c1-35(2)34-24(33)38-13-11-37(12-14-38)22(19-7-5-4-6-8-19)23(39)36(3)10-9-18-15-20(25(27,28)29)17-21(16-18)26(30,31)32/h18-22H,4-17H2,1-3H3,(H2,33,34). The predicted molar refractivity (Wildman–Crippen MR) is 138 cm³/mol. The molecule has 2 aliphatic carbocycles. The van der Waals surface area contributed by atoms with Crippen LogP contribution in [0.2, 0.25) is 0 Å². The van der Waals surface area contributed by atoms with Gasteiger partial charge in [-0.15, -0.1) is 5.10 Å². The molecule has 3 aliphatic rings. The van der Waals surface area contributed by atoms with E-state index in [0.29, 0.717) is 32.1 Å². The maximum Gasteiger partial charge on any atom is 0.391 e. The molecule has 2 N–H and O–H groups in total. The van der Waals surface area contributed by atoms with Gasteiger partial charge in [-0.05, 0) is 50.4 Å². The lowest BCUT2D eigenvalue weighted by molar-refractivity contribution is -0.229. The third-order valence-corrected chi connectivity index (χ3v) is 8.66. The van der Waals surface area contributed by atoms with Crippen LogP contribution in [0.15, 0.2) is 5.10 Å². The van der Waals surface area contributed by atoms with Gasteiger partial charge in [-0.1, -0.05) is 19.3 Å². The van der Waals surface area contributed by atoms with Gasteiger partial charge in [0.1, 0.15) is 0 Å². The summed E-state index contributed by atoms with van der Waals surface area (Å²) < 4.78 is 80.4. The Labute approximate surface area is 227 Å². The quantitative estimate of drug-likeness (QED) is 0.213. The fraction of sp³-hybridized carbons (Fsp3) is 0.923. The van der Waals surface area contributed by atoms with Crippen LogP contribution >= 0.6 is 0 Å². The van der Waals surface area contributed by atoms with Crippen molar-refractivity contribution in [1.29, 1.82) is 0 Å². The fourth-order valence-corrected chi connectivity index (χ4v) is 6.52. The first kappa shape index (κ1) is 31.6. The maximum absolute atomic E-state index is 13.8. The lowest BCUT2D eigenvalue weighted by Crippen LogP contribution is -2.59. The lowest BCUT2D eigenvalue weighted by Gasteiger charge is -2.44. The van der Waals surface area contributed by atoms with E-state index in [2.05, 4.69) is 10.0 Å². The van der Waals surface area contributed by atoms with E-state index in [9.17, 15) is 31.1 Å². The van der Waals surface area contributed by atoms with Crippen molar-refractivity contribution in [3.63, 3.8) is 0 Å². The number of halogens is 6. The number of guanidine groups is 1. The van der Waals surface area contributed by atoms with Crippen molar-refractivity contribution in [2.45, 2.75) is 76.2 Å². The van der Waals surface area contributed by atoms with Gasteiger partial charge < -0.3 is 15.5 Å². The molecule has 1 amide bonds. The number of amides is 1. The zero-order chi connectivity index (χ0) is 29.0. The average Bonchev–Trinajstić information content (AvgIpc) is 2.86. The third-order valence-electron chi connectivity index (χ3n) is 8.66. The third kappa shape index (κ3) is 8.78. The number of piperazine rings is 1. The predicted octanol–water partition coefficient (Wildman–Crippen LogP) is 4.35. The molecule has 0 aromatic heterocycles. The van der Waals surface area contributed by atoms with Gasteiger partial charge in [0.15, 0.2) is 0 Å². The van der Waals surface area contributed by atoms with Crippen molar-refractivity contribution in [3.8, 4) is 0 Å². The van der Waals surface area contributed by atoms with Crippen molar-refractivity contribution in [3.05, 3.63) is 0 Å². The Morgan fingerprint density at radius 1 is 0.897 bits per heavy atom. The molecule has 3 fully saturated rings. The molecule has 1 heterocycles. The minimum Gasteiger partial charge on any atom is -0.368 e. The molecular weight excluding hydrogens is 526 g/mol. The van der Waals surface area contributed by atoms with Crippen molar-refractivity contribution in [2.75, 3.05) is 53.9 Å². The molecule has 1 saturated heterocycles. The summed E-state index contributed by atoms with van der Waals surface area (Å²) in [6, 6.07) is -0.360. The molecule has 226 valence electrons. The highest BCUT2D eigenvalue weighted by molar-refractivity contribution is 5.82. The monoisotopic (exact) mass is 570 g/mol. The molecule has 3 atom stereocenters. The topological polar surface area (TPSA) is 68.4 Å². The lowest BCUT2D eigenvalue weighted by atomic mass is 9.73. The van der Waals surface area contributed by atoms with Crippen molar-refractivity contribution >= 4 is 11.9 Å². The summed E-state index contributed by atoms with van der Waals surface area (Å²) in [4.78, 5) is 19.5. The van der Waals surface area contributed by atoms with Crippen LogP contribution in [0.4, 0.5) is 26.3 Å². The van der Waals surface area contributed by atoms with Crippen LogP contribution in [0.25, 0.3) is 0 Å². The van der Waals surface area contributed by atoms with Gasteiger partial charge in [-0.3, -0.25) is 14.7 Å².